The maximum atomic E-state index is 3.58. The predicted octanol–water partition coefficient (Wildman–Crippen LogP) is 2.57. The minimum atomic E-state index is 0.752. The summed E-state index contributed by atoms with van der Waals surface area (Å²) in [7, 11) is 0. The molecule has 3 aliphatic rings. The molecule has 0 spiro atoms. The van der Waals surface area contributed by atoms with Crippen molar-refractivity contribution in [1.29, 1.82) is 0 Å². The first-order valence-electron chi connectivity index (χ1n) is 6.07. The number of nitrogens with one attached hydrogen (secondary N) is 1. The fourth-order valence-corrected chi connectivity index (χ4v) is 3.10. The van der Waals surface area contributed by atoms with E-state index in [1.165, 1.54) is 45.2 Å². The Kier molecular flexibility index (Phi) is 1.90. The quantitative estimate of drug-likeness (QED) is 0.699. The fourth-order valence-electron chi connectivity index (χ4n) is 3.10. The zero-order valence-corrected chi connectivity index (χ0v) is 8.52. The Morgan fingerprint density at radius 1 is 1.00 bits per heavy atom. The van der Waals surface area contributed by atoms with E-state index in [2.05, 4.69) is 5.32 Å². The zero-order chi connectivity index (χ0) is 8.73. The highest BCUT2D eigenvalue weighted by Crippen LogP contribution is 2.50. The second-order valence-corrected chi connectivity index (χ2v) is 5.72. The summed E-state index contributed by atoms with van der Waals surface area (Å²) in [4.78, 5) is 0. The second kappa shape index (κ2) is 2.98. The van der Waals surface area contributed by atoms with E-state index < -0.39 is 0 Å². The lowest BCUT2D eigenvalue weighted by atomic mass is 9.77. The molecule has 13 heavy (non-hydrogen) atoms. The highest BCUT2D eigenvalue weighted by atomic mass is 14.9. The molecule has 74 valence electrons. The van der Waals surface area contributed by atoms with Crippen LogP contribution in [0.25, 0.3) is 0 Å². The SMILES string of the molecule is C1CC(CC2CC2)(CC2CC2)CN1. The van der Waals surface area contributed by atoms with E-state index >= 15 is 0 Å². The molecule has 0 amide bonds. The molecule has 0 aromatic carbocycles. The van der Waals surface area contributed by atoms with Gasteiger partial charge in [-0.05, 0) is 43.1 Å². The van der Waals surface area contributed by atoms with Crippen molar-refractivity contribution in [2.75, 3.05) is 13.1 Å². The Labute approximate surface area is 81.3 Å². The topological polar surface area (TPSA) is 12.0 Å². The summed E-state index contributed by atoms with van der Waals surface area (Å²) in [5.41, 5.74) is 0.752. The molecule has 1 N–H and O–H groups in total. The van der Waals surface area contributed by atoms with Crippen LogP contribution in [-0.4, -0.2) is 13.1 Å². The van der Waals surface area contributed by atoms with E-state index in [0.29, 0.717) is 0 Å². The van der Waals surface area contributed by atoms with E-state index in [1.54, 1.807) is 12.8 Å². The maximum Gasteiger partial charge on any atom is 0.000849 e. The van der Waals surface area contributed by atoms with Crippen molar-refractivity contribution < 1.29 is 0 Å². The van der Waals surface area contributed by atoms with Crippen LogP contribution in [0.15, 0.2) is 0 Å². The molecule has 1 saturated heterocycles. The predicted molar refractivity (Wildman–Crippen MR) is 54.6 cm³/mol. The summed E-state index contributed by atoms with van der Waals surface area (Å²) in [6, 6.07) is 0. The van der Waals surface area contributed by atoms with Crippen LogP contribution < -0.4 is 5.32 Å². The van der Waals surface area contributed by atoms with Gasteiger partial charge in [-0.15, -0.1) is 0 Å². The molecule has 2 saturated carbocycles. The largest absolute Gasteiger partial charge is 0.316 e. The standard InChI is InChI=1S/C12H21N/c1-2-10(1)7-12(5-6-13-9-12)8-11-3-4-11/h10-11,13H,1-9H2. The molecule has 0 bridgehead atoms. The summed E-state index contributed by atoms with van der Waals surface area (Å²) < 4.78 is 0. The molecule has 3 fully saturated rings. The van der Waals surface area contributed by atoms with Crippen molar-refractivity contribution in [3.05, 3.63) is 0 Å². The van der Waals surface area contributed by atoms with Gasteiger partial charge in [0, 0.05) is 6.54 Å². The number of rotatable bonds is 4. The molecule has 1 heterocycles. The second-order valence-electron chi connectivity index (χ2n) is 5.72. The van der Waals surface area contributed by atoms with Crippen molar-refractivity contribution in [3.8, 4) is 0 Å². The van der Waals surface area contributed by atoms with Gasteiger partial charge < -0.3 is 5.32 Å². The highest BCUT2D eigenvalue weighted by Gasteiger charge is 2.42. The molecule has 1 nitrogen and oxygen atoms in total. The van der Waals surface area contributed by atoms with Crippen LogP contribution in [-0.2, 0) is 0 Å². The first kappa shape index (κ1) is 8.28. The van der Waals surface area contributed by atoms with Gasteiger partial charge in [0.15, 0.2) is 0 Å². The van der Waals surface area contributed by atoms with Crippen molar-refractivity contribution in [3.63, 3.8) is 0 Å². The van der Waals surface area contributed by atoms with Gasteiger partial charge in [0.1, 0.15) is 0 Å². The van der Waals surface area contributed by atoms with E-state index in [-0.39, 0.29) is 0 Å². The van der Waals surface area contributed by atoms with Gasteiger partial charge in [-0.25, -0.2) is 0 Å². The van der Waals surface area contributed by atoms with Crippen LogP contribution in [0, 0.1) is 17.3 Å². The normalized spacial score (nSPS) is 32.3. The van der Waals surface area contributed by atoms with Crippen LogP contribution in [0.3, 0.4) is 0 Å². The van der Waals surface area contributed by atoms with Crippen LogP contribution in [0.4, 0.5) is 0 Å². The third kappa shape index (κ3) is 1.90. The van der Waals surface area contributed by atoms with Gasteiger partial charge in [0.2, 0.25) is 0 Å². The third-order valence-electron chi connectivity index (χ3n) is 4.17. The molecule has 1 aliphatic heterocycles. The molecular weight excluding hydrogens is 158 g/mol. The van der Waals surface area contributed by atoms with Crippen LogP contribution in [0.5, 0.6) is 0 Å². The molecule has 0 atom stereocenters. The van der Waals surface area contributed by atoms with Crippen molar-refractivity contribution in [2.24, 2.45) is 17.3 Å². The van der Waals surface area contributed by atoms with E-state index in [0.717, 1.165) is 17.3 Å². The fraction of sp³-hybridized carbons (Fsp3) is 1.00. The Hall–Kier alpha value is -0.0400. The van der Waals surface area contributed by atoms with E-state index in [4.69, 9.17) is 0 Å². The van der Waals surface area contributed by atoms with Crippen LogP contribution >= 0.6 is 0 Å². The van der Waals surface area contributed by atoms with Crippen molar-refractivity contribution >= 4 is 0 Å². The van der Waals surface area contributed by atoms with Gasteiger partial charge >= 0.3 is 0 Å². The van der Waals surface area contributed by atoms with Crippen molar-refractivity contribution in [1.82, 2.24) is 5.32 Å². The molecule has 0 unspecified atom stereocenters. The Morgan fingerprint density at radius 3 is 2.00 bits per heavy atom. The molecule has 3 rings (SSSR count). The average Bonchev–Trinajstić information content (AvgIpc) is 2.98. The van der Waals surface area contributed by atoms with Crippen LogP contribution in [0.2, 0.25) is 0 Å². The molecule has 1 heteroatoms. The van der Waals surface area contributed by atoms with E-state index in [9.17, 15) is 0 Å². The Morgan fingerprint density at radius 2 is 1.62 bits per heavy atom. The number of hydrogen-bond acceptors (Lipinski definition) is 1. The van der Waals surface area contributed by atoms with Crippen molar-refractivity contribution in [2.45, 2.75) is 44.9 Å². The third-order valence-corrected chi connectivity index (χ3v) is 4.17. The molecule has 0 aromatic heterocycles. The lowest BCUT2D eigenvalue weighted by molar-refractivity contribution is 0.241. The van der Waals surface area contributed by atoms with Gasteiger partial charge in [-0.3, -0.25) is 0 Å². The number of hydrogen-bond donors (Lipinski definition) is 1. The van der Waals surface area contributed by atoms with Gasteiger partial charge in [0.25, 0.3) is 0 Å². The summed E-state index contributed by atoms with van der Waals surface area (Å²) in [6.45, 7) is 2.62. The summed E-state index contributed by atoms with van der Waals surface area (Å²) in [6.07, 6.45) is 10.7. The zero-order valence-electron chi connectivity index (χ0n) is 8.52. The van der Waals surface area contributed by atoms with Gasteiger partial charge in [-0.2, -0.15) is 0 Å². The van der Waals surface area contributed by atoms with Gasteiger partial charge in [0.05, 0.1) is 0 Å². The van der Waals surface area contributed by atoms with Gasteiger partial charge in [-0.1, -0.05) is 25.7 Å². The molecule has 0 aromatic rings. The van der Waals surface area contributed by atoms with E-state index in [1.807, 2.05) is 0 Å². The molecule has 2 aliphatic carbocycles. The summed E-state index contributed by atoms with van der Waals surface area (Å²) >= 11 is 0. The summed E-state index contributed by atoms with van der Waals surface area (Å²) in [5, 5.41) is 3.58. The highest BCUT2D eigenvalue weighted by molar-refractivity contribution is 4.95. The first-order valence-corrected chi connectivity index (χ1v) is 6.07. The lowest BCUT2D eigenvalue weighted by Crippen LogP contribution is -2.25. The summed E-state index contributed by atoms with van der Waals surface area (Å²) in [5.74, 6) is 2.25. The monoisotopic (exact) mass is 179 g/mol. The van der Waals surface area contributed by atoms with Crippen LogP contribution in [0.1, 0.15) is 44.9 Å². The first-order chi connectivity index (χ1) is 6.36. The average molecular weight is 179 g/mol. The lowest BCUT2D eigenvalue weighted by Gasteiger charge is -2.28. The maximum absolute atomic E-state index is 3.58. The molecule has 0 radical (unpaired) electrons. The Bertz CT molecular complexity index is 169. The Balaban J connectivity index is 1.62. The minimum absolute atomic E-state index is 0.752. The molecular formula is C12H21N. The smallest absolute Gasteiger partial charge is 0.000849 e. The minimum Gasteiger partial charge on any atom is -0.316 e.